The lowest BCUT2D eigenvalue weighted by molar-refractivity contribution is -0.389. The van der Waals surface area contributed by atoms with Gasteiger partial charge < -0.3 is 9.72 Å². The fraction of sp³-hybridized carbons (Fsp3) is 0.286. The van der Waals surface area contributed by atoms with Gasteiger partial charge in [0.15, 0.2) is 0 Å². The number of nitro groups is 1. The summed E-state index contributed by atoms with van der Waals surface area (Å²) in [5.41, 5.74) is -2.74. The van der Waals surface area contributed by atoms with Crippen molar-refractivity contribution < 1.29 is 22.8 Å². The van der Waals surface area contributed by atoms with E-state index < -0.39 is 34.2 Å². The molecule has 0 radical (unpaired) electrons. The minimum Gasteiger partial charge on any atom is -0.392 e. The van der Waals surface area contributed by atoms with Crippen LogP contribution in [0.15, 0.2) is 11.0 Å². The standard InChI is InChI=1S/C7H4ClF3N2O4/c8-1-3-2-12-6(14)5(4(3)13(15)16)17-7(9,10)11/h2H,1H2,(H,12,14). The summed E-state index contributed by atoms with van der Waals surface area (Å²) in [6.45, 7) is 0. The fourth-order valence-electron chi connectivity index (χ4n) is 1.05. The predicted octanol–water partition coefficient (Wildman–Crippen LogP) is 1.92. The Kier molecular flexibility index (Phi) is 3.61. The van der Waals surface area contributed by atoms with Crippen LogP contribution in [0.3, 0.4) is 0 Å². The zero-order valence-electron chi connectivity index (χ0n) is 7.88. The lowest BCUT2D eigenvalue weighted by Crippen LogP contribution is -2.24. The molecule has 0 bridgehead atoms. The van der Waals surface area contributed by atoms with Crippen LogP contribution in [0.1, 0.15) is 5.56 Å². The summed E-state index contributed by atoms with van der Waals surface area (Å²) < 4.78 is 39.2. The molecule has 0 spiro atoms. The first kappa shape index (κ1) is 13.3. The molecule has 0 aromatic carbocycles. The third-order valence-corrected chi connectivity index (χ3v) is 1.94. The molecule has 0 amide bonds. The SMILES string of the molecule is O=c1[nH]cc(CCl)c([N+](=O)[O-])c1OC(F)(F)F. The number of aromatic nitrogens is 1. The number of H-pyrrole nitrogens is 1. The highest BCUT2D eigenvalue weighted by Gasteiger charge is 2.37. The first-order valence-electron chi connectivity index (χ1n) is 3.97. The van der Waals surface area contributed by atoms with Gasteiger partial charge in [-0.15, -0.1) is 24.8 Å². The molecule has 0 atom stereocenters. The van der Waals surface area contributed by atoms with Crippen molar-refractivity contribution in [2.75, 3.05) is 0 Å². The molecular weight excluding hydrogens is 269 g/mol. The number of nitrogens with one attached hydrogen (secondary N) is 1. The van der Waals surface area contributed by atoms with Crippen LogP contribution < -0.4 is 10.3 Å². The summed E-state index contributed by atoms with van der Waals surface area (Å²) in [6, 6.07) is 0. The third kappa shape index (κ3) is 3.09. The summed E-state index contributed by atoms with van der Waals surface area (Å²) in [5, 5.41) is 10.6. The van der Waals surface area contributed by atoms with Crippen LogP contribution in [-0.2, 0) is 5.88 Å². The van der Waals surface area contributed by atoms with E-state index in [4.69, 9.17) is 11.6 Å². The van der Waals surface area contributed by atoms with Crippen molar-refractivity contribution >= 4 is 17.3 Å². The second-order valence-corrected chi connectivity index (χ2v) is 3.03. The average molecular weight is 273 g/mol. The molecule has 0 saturated heterocycles. The summed E-state index contributed by atoms with van der Waals surface area (Å²) in [4.78, 5) is 22.4. The highest BCUT2D eigenvalue weighted by Crippen LogP contribution is 2.31. The smallest absolute Gasteiger partial charge is 0.392 e. The molecule has 0 aliphatic heterocycles. The van der Waals surface area contributed by atoms with Gasteiger partial charge in [-0.05, 0) is 0 Å². The van der Waals surface area contributed by atoms with Crippen molar-refractivity contribution in [2.24, 2.45) is 0 Å². The molecule has 1 aromatic rings. The molecular formula is C7H4ClF3N2O4. The number of hydrogen-bond acceptors (Lipinski definition) is 4. The lowest BCUT2D eigenvalue weighted by atomic mass is 10.2. The van der Waals surface area contributed by atoms with Gasteiger partial charge in [0, 0.05) is 6.20 Å². The number of aromatic amines is 1. The molecule has 1 aromatic heterocycles. The normalized spacial score (nSPS) is 11.3. The van der Waals surface area contributed by atoms with Gasteiger partial charge in [0.2, 0.25) is 0 Å². The van der Waals surface area contributed by atoms with Gasteiger partial charge in [0.1, 0.15) is 0 Å². The topological polar surface area (TPSA) is 85.2 Å². The minimum absolute atomic E-state index is 0.282. The second-order valence-electron chi connectivity index (χ2n) is 2.76. The van der Waals surface area contributed by atoms with E-state index in [9.17, 15) is 28.1 Å². The maximum Gasteiger partial charge on any atom is 0.573 e. The van der Waals surface area contributed by atoms with Gasteiger partial charge in [-0.25, -0.2) is 0 Å². The number of hydrogen-bond donors (Lipinski definition) is 1. The Bertz CT molecular complexity index is 499. The van der Waals surface area contributed by atoms with Crippen molar-refractivity contribution in [1.82, 2.24) is 4.98 Å². The molecule has 0 fully saturated rings. The highest BCUT2D eigenvalue weighted by atomic mass is 35.5. The van der Waals surface area contributed by atoms with Crippen LogP contribution in [-0.4, -0.2) is 16.3 Å². The first-order chi connectivity index (χ1) is 7.76. The number of rotatable bonds is 3. The number of alkyl halides is 4. The molecule has 0 aliphatic rings. The third-order valence-electron chi connectivity index (χ3n) is 1.65. The Morgan fingerprint density at radius 3 is 2.53 bits per heavy atom. The number of ether oxygens (including phenoxy) is 1. The zero-order valence-corrected chi connectivity index (χ0v) is 8.63. The molecule has 0 unspecified atom stereocenters. The summed E-state index contributed by atoms with van der Waals surface area (Å²) >= 11 is 5.31. The van der Waals surface area contributed by atoms with Crippen LogP contribution >= 0.6 is 11.6 Å². The molecule has 17 heavy (non-hydrogen) atoms. The monoisotopic (exact) mass is 272 g/mol. The Morgan fingerprint density at radius 1 is 1.53 bits per heavy atom. The summed E-state index contributed by atoms with van der Waals surface area (Å²) in [5.74, 6) is -1.87. The van der Waals surface area contributed by atoms with Crippen molar-refractivity contribution in [3.8, 4) is 5.75 Å². The summed E-state index contributed by atoms with van der Waals surface area (Å²) in [7, 11) is 0. The van der Waals surface area contributed by atoms with E-state index in [0.29, 0.717) is 0 Å². The largest absolute Gasteiger partial charge is 0.573 e. The van der Waals surface area contributed by atoms with E-state index in [2.05, 4.69) is 4.74 Å². The van der Waals surface area contributed by atoms with E-state index >= 15 is 0 Å². The van der Waals surface area contributed by atoms with Crippen LogP contribution in [0.4, 0.5) is 18.9 Å². The van der Waals surface area contributed by atoms with Crippen LogP contribution in [0.2, 0.25) is 0 Å². The van der Waals surface area contributed by atoms with Crippen molar-refractivity contribution in [3.05, 3.63) is 32.2 Å². The molecule has 94 valence electrons. The van der Waals surface area contributed by atoms with Crippen LogP contribution in [0.5, 0.6) is 5.75 Å². The molecule has 10 heteroatoms. The highest BCUT2D eigenvalue weighted by molar-refractivity contribution is 6.17. The fourth-order valence-corrected chi connectivity index (χ4v) is 1.26. The van der Waals surface area contributed by atoms with Gasteiger partial charge in [0.05, 0.1) is 16.4 Å². The van der Waals surface area contributed by atoms with E-state index in [1.54, 1.807) is 0 Å². The Morgan fingerprint density at radius 2 is 2.12 bits per heavy atom. The molecule has 1 heterocycles. The predicted molar refractivity (Wildman–Crippen MR) is 50.0 cm³/mol. The Labute approximate surface area is 96.1 Å². The average Bonchev–Trinajstić information content (AvgIpc) is 2.18. The minimum atomic E-state index is -5.21. The number of halogens is 4. The zero-order chi connectivity index (χ0) is 13.2. The Balaban J connectivity index is 3.45. The summed E-state index contributed by atoms with van der Waals surface area (Å²) in [6.07, 6.45) is -4.35. The first-order valence-corrected chi connectivity index (χ1v) is 4.50. The molecule has 6 nitrogen and oxygen atoms in total. The Hall–Kier alpha value is -1.77. The quantitative estimate of drug-likeness (QED) is 0.517. The number of pyridine rings is 1. The molecule has 0 aliphatic carbocycles. The maximum absolute atomic E-state index is 12.0. The van der Waals surface area contributed by atoms with Gasteiger partial charge in [-0.3, -0.25) is 14.9 Å². The maximum atomic E-state index is 12.0. The van der Waals surface area contributed by atoms with Gasteiger partial charge in [-0.1, -0.05) is 0 Å². The van der Waals surface area contributed by atoms with E-state index in [1.165, 1.54) is 0 Å². The van der Waals surface area contributed by atoms with E-state index in [1.807, 2.05) is 4.98 Å². The number of nitrogens with zero attached hydrogens (tertiary/aromatic N) is 1. The lowest BCUT2D eigenvalue weighted by Gasteiger charge is -2.09. The van der Waals surface area contributed by atoms with Gasteiger partial charge in [-0.2, -0.15) is 0 Å². The van der Waals surface area contributed by atoms with Gasteiger partial charge >= 0.3 is 12.0 Å². The van der Waals surface area contributed by atoms with Crippen molar-refractivity contribution in [2.45, 2.75) is 12.2 Å². The molecule has 1 N–H and O–H groups in total. The van der Waals surface area contributed by atoms with Crippen molar-refractivity contribution in [3.63, 3.8) is 0 Å². The molecule has 1 rings (SSSR count). The van der Waals surface area contributed by atoms with Crippen molar-refractivity contribution in [1.29, 1.82) is 0 Å². The molecule has 0 saturated carbocycles. The second kappa shape index (κ2) is 4.62. The van der Waals surface area contributed by atoms with Crippen LogP contribution in [0.25, 0.3) is 0 Å². The van der Waals surface area contributed by atoms with E-state index in [0.717, 1.165) is 6.20 Å². The van der Waals surface area contributed by atoms with Crippen LogP contribution in [0, 0.1) is 10.1 Å². The van der Waals surface area contributed by atoms with E-state index in [-0.39, 0.29) is 5.56 Å². The van der Waals surface area contributed by atoms with Gasteiger partial charge in [0.25, 0.3) is 11.3 Å².